The van der Waals surface area contributed by atoms with Gasteiger partial charge in [0.15, 0.2) is 0 Å². The van der Waals surface area contributed by atoms with Gasteiger partial charge in [0.1, 0.15) is 12.2 Å². The number of halogens is 1. The standard InChI is InChI=1S/C24H33FN6O/c1-30-9-7-16(8-10-30)15-3-5-18(6-4-15)27-24(32)23-20-11-19(17-13-26-31(2)14-17)21(25)12-22(20)28-29-23/h3-6,13-14,16,19-23,28-29H,7-12H2,1-2H3,(H,27,32). The van der Waals surface area contributed by atoms with Gasteiger partial charge in [-0.2, -0.15) is 5.10 Å². The Morgan fingerprint density at radius 1 is 1.09 bits per heavy atom. The smallest absolute Gasteiger partial charge is 0.243 e. The summed E-state index contributed by atoms with van der Waals surface area (Å²) in [6, 6.07) is 7.86. The van der Waals surface area contributed by atoms with Gasteiger partial charge < -0.3 is 10.2 Å². The highest BCUT2D eigenvalue weighted by Gasteiger charge is 2.47. The van der Waals surface area contributed by atoms with E-state index in [9.17, 15) is 9.18 Å². The van der Waals surface area contributed by atoms with Gasteiger partial charge in [0.25, 0.3) is 0 Å². The van der Waals surface area contributed by atoms with Crippen LogP contribution in [0.15, 0.2) is 36.7 Å². The Labute approximate surface area is 188 Å². The first-order valence-electron chi connectivity index (χ1n) is 11.7. The van der Waals surface area contributed by atoms with E-state index in [1.165, 1.54) is 18.4 Å². The second kappa shape index (κ2) is 8.92. The van der Waals surface area contributed by atoms with Crippen LogP contribution in [0.4, 0.5) is 10.1 Å². The van der Waals surface area contributed by atoms with E-state index < -0.39 is 6.17 Å². The van der Waals surface area contributed by atoms with Gasteiger partial charge in [-0.25, -0.2) is 9.82 Å². The van der Waals surface area contributed by atoms with Gasteiger partial charge in [0.05, 0.1) is 6.20 Å². The van der Waals surface area contributed by atoms with Crippen molar-refractivity contribution < 1.29 is 9.18 Å². The van der Waals surface area contributed by atoms with Gasteiger partial charge in [-0.05, 0) is 75.0 Å². The quantitative estimate of drug-likeness (QED) is 0.682. The Morgan fingerprint density at radius 2 is 1.84 bits per heavy atom. The highest BCUT2D eigenvalue weighted by molar-refractivity contribution is 5.95. The summed E-state index contributed by atoms with van der Waals surface area (Å²) in [6.07, 6.45) is 6.05. The summed E-state index contributed by atoms with van der Waals surface area (Å²) in [5, 5.41) is 7.27. The Bertz CT molecular complexity index is 938. The predicted octanol–water partition coefficient (Wildman–Crippen LogP) is 2.54. The van der Waals surface area contributed by atoms with Crippen molar-refractivity contribution in [3.63, 3.8) is 0 Å². The van der Waals surface area contributed by atoms with Crippen LogP contribution < -0.4 is 16.2 Å². The molecule has 172 valence electrons. The van der Waals surface area contributed by atoms with E-state index in [1.54, 1.807) is 10.9 Å². The monoisotopic (exact) mass is 440 g/mol. The molecule has 7 nitrogen and oxygen atoms in total. The molecule has 2 saturated heterocycles. The number of aryl methyl sites for hydroxylation is 1. The zero-order valence-corrected chi connectivity index (χ0v) is 18.8. The number of anilines is 1. The number of aromatic nitrogens is 2. The fraction of sp³-hybridized carbons (Fsp3) is 0.583. The lowest BCUT2D eigenvalue weighted by molar-refractivity contribution is -0.119. The normalized spacial score (nSPS) is 31.4. The first-order chi connectivity index (χ1) is 15.5. The number of nitrogens with zero attached hydrogens (tertiary/aromatic N) is 3. The maximum atomic E-state index is 14.9. The number of alkyl halides is 1. The number of hydrogen-bond donors (Lipinski definition) is 3. The highest BCUT2D eigenvalue weighted by Crippen LogP contribution is 2.41. The molecule has 1 aromatic carbocycles. The van der Waals surface area contributed by atoms with E-state index in [4.69, 9.17) is 0 Å². The van der Waals surface area contributed by atoms with Crippen molar-refractivity contribution >= 4 is 11.6 Å². The van der Waals surface area contributed by atoms with E-state index in [1.807, 2.05) is 25.4 Å². The SMILES string of the molecule is CN1CCC(c2ccc(NC(=O)C3NNC4CC(F)C(c5cnn(C)c5)CC43)cc2)CC1. The first-order valence-corrected chi connectivity index (χ1v) is 11.7. The number of rotatable bonds is 4. The lowest BCUT2D eigenvalue weighted by atomic mass is 9.73. The second-order valence-electron chi connectivity index (χ2n) is 9.77. The van der Waals surface area contributed by atoms with Gasteiger partial charge in [-0.3, -0.25) is 14.9 Å². The van der Waals surface area contributed by atoms with Gasteiger partial charge in [0.2, 0.25) is 5.91 Å². The average molecular weight is 441 g/mol. The molecule has 0 spiro atoms. The molecule has 1 aliphatic carbocycles. The lowest BCUT2D eigenvalue weighted by Gasteiger charge is -2.35. The molecule has 1 aromatic heterocycles. The number of nitrogens with one attached hydrogen (secondary N) is 3. The zero-order valence-electron chi connectivity index (χ0n) is 18.8. The van der Waals surface area contributed by atoms with E-state index in [-0.39, 0.29) is 29.8 Å². The van der Waals surface area contributed by atoms with E-state index in [0.29, 0.717) is 18.8 Å². The van der Waals surface area contributed by atoms with Gasteiger partial charge >= 0.3 is 0 Å². The van der Waals surface area contributed by atoms with Gasteiger partial charge in [-0.1, -0.05) is 12.1 Å². The van der Waals surface area contributed by atoms with Crippen molar-refractivity contribution in [1.29, 1.82) is 0 Å². The number of carbonyl (C=O) groups is 1. The molecule has 3 heterocycles. The Kier molecular flexibility index (Phi) is 6.01. The zero-order chi connectivity index (χ0) is 22.2. The largest absolute Gasteiger partial charge is 0.325 e. The molecule has 32 heavy (non-hydrogen) atoms. The summed E-state index contributed by atoms with van der Waals surface area (Å²) >= 11 is 0. The minimum atomic E-state index is -0.941. The van der Waals surface area contributed by atoms with Crippen LogP contribution in [-0.2, 0) is 11.8 Å². The number of hydrazine groups is 1. The maximum Gasteiger partial charge on any atom is 0.243 e. The molecular formula is C24H33FN6O. The molecule has 2 aliphatic heterocycles. The number of carbonyl (C=O) groups excluding carboxylic acids is 1. The van der Waals surface area contributed by atoms with Crippen molar-refractivity contribution in [2.75, 3.05) is 25.5 Å². The summed E-state index contributed by atoms with van der Waals surface area (Å²) < 4.78 is 16.6. The summed E-state index contributed by atoms with van der Waals surface area (Å²) in [7, 11) is 4.01. The van der Waals surface area contributed by atoms with Crippen molar-refractivity contribution in [3.05, 3.63) is 47.8 Å². The van der Waals surface area contributed by atoms with Crippen LogP contribution in [0.2, 0.25) is 0 Å². The number of benzene rings is 1. The van der Waals surface area contributed by atoms with Gasteiger partial charge in [-0.15, -0.1) is 0 Å². The number of fused-ring (bicyclic) bond motifs is 1. The molecule has 3 aliphatic rings. The third-order valence-electron chi connectivity index (χ3n) is 7.61. The molecular weight excluding hydrogens is 407 g/mol. The third-order valence-corrected chi connectivity index (χ3v) is 7.61. The topological polar surface area (TPSA) is 74.2 Å². The molecule has 3 N–H and O–H groups in total. The minimum Gasteiger partial charge on any atom is -0.325 e. The number of hydrogen-bond acceptors (Lipinski definition) is 5. The molecule has 5 rings (SSSR count). The van der Waals surface area contributed by atoms with E-state index in [0.717, 1.165) is 24.3 Å². The molecule has 2 aromatic rings. The molecule has 1 saturated carbocycles. The Hall–Kier alpha value is -2.29. The number of amides is 1. The van der Waals surface area contributed by atoms with Gasteiger partial charge in [0, 0.05) is 36.8 Å². The number of likely N-dealkylation sites (tertiary alicyclic amines) is 1. The predicted molar refractivity (Wildman–Crippen MR) is 122 cm³/mol. The maximum absolute atomic E-state index is 14.9. The fourth-order valence-electron chi connectivity index (χ4n) is 5.66. The number of piperidine rings is 1. The van der Waals surface area contributed by atoms with Crippen LogP contribution in [0, 0.1) is 5.92 Å². The van der Waals surface area contributed by atoms with E-state index >= 15 is 0 Å². The van der Waals surface area contributed by atoms with Crippen LogP contribution >= 0.6 is 0 Å². The molecule has 5 unspecified atom stereocenters. The lowest BCUT2D eigenvalue weighted by Crippen LogP contribution is -2.43. The molecule has 8 heteroatoms. The summed E-state index contributed by atoms with van der Waals surface area (Å²) in [6.45, 7) is 2.26. The second-order valence-corrected chi connectivity index (χ2v) is 9.77. The van der Waals surface area contributed by atoms with E-state index in [2.05, 4.69) is 45.3 Å². The van der Waals surface area contributed by atoms with Crippen molar-refractivity contribution in [2.45, 2.75) is 55.8 Å². The summed E-state index contributed by atoms with van der Waals surface area (Å²) in [5.41, 5.74) is 9.35. The minimum absolute atomic E-state index is 0.0331. The van der Waals surface area contributed by atoms with Crippen LogP contribution in [0.5, 0.6) is 0 Å². The Balaban J connectivity index is 1.23. The van der Waals surface area contributed by atoms with Crippen LogP contribution in [0.1, 0.15) is 48.6 Å². The van der Waals surface area contributed by atoms with Crippen LogP contribution in [-0.4, -0.2) is 59.0 Å². The summed E-state index contributed by atoms with van der Waals surface area (Å²) in [5.74, 6) is 0.332. The molecule has 0 bridgehead atoms. The molecule has 0 radical (unpaired) electrons. The first kappa shape index (κ1) is 21.6. The highest BCUT2D eigenvalue weighted by atomic mass is 19.1. The van der Waals surface area contributed by atoms with Crippen molar-refractivity contribution in [3.8, 4) is 0 Å². The van der Waals surface area contributed by atoms with Crippen LogP contribution in [0.25, 0.3) is 0 Å². The molecule has 3 fully saturated rings. The Morgan fingerprint density at radius 3 is 2.53 bits per heavy atom. The fourth-order valence-corrected chi connectivity index (χ4v) is 5.66. The molecule has 5 atom stereocenters. The van der Waals surface area contributed by atoms with Crippen molar-refractivity contribution in [1.82, 2.24) is 25.5 Å². The third kappa shape index (κ3) is 4.31. The van der Waals surface area contributed by atoms with Crippen molar-refractivity contribution in [2.24, 2.45) is 13.0 Å². The summed E-state index contributed by atoms with van der Waals surface area (Å²) in [4.78, 5) is 15.5. The average Bonchev–Trinajstić information content (AvgIpc) is 3.40. The van der Waals surface area contributed by atoms with Crippen LogP contribution in [0.3, 0.4) is 0 Å². The molecule has 1 amide bonds.